The van der Waals surface area contributed by atoms with Gasteiger partial charge in [0.05, 0.1) is 18.0 Å². The maximum absolute atomic E-state index is 14.0. The normalized spacial score (nSPS) is 14.6. The van der Waals surface area contributed by atoms with Crippen molar-refractivity contribution >= 4 is 5.91 Å². The van der Waals surface area contributed by atoms with E-state index in [9.17, 15) is 23.8 Å². The largest absolute Gasteiger partial charge is 0.454 e. The summed E-state index contributed by atoms with van der Waals surface area (Å²) >= 11 is 0. The molecular formula is C26H27F2N3O4. The minimum atomic E-state index is -1.26. The summed E-state index contributed by atoms with van der Waals surface area (Å²) in [5, 5.41) is 23.6. The van der Waals surface area contributed by atoms with Crippen LogP contribution in [0.3, 0.4) is 0 Å². The minimum Gasteiger partial charge on any atom is -0.454 e. The van der Waals surface area contributed by atoms with E-state index in [1.165, 1.54) is 17.0 Å². The lowest BCUT2D eigenvalue weighted by molar-refractivity contribution is 0.00202. The number of hydrogen-bond donors (Lipinski definition) is 3. The predicted molar refractivity (Wildman–Crippen MR) is 125 cm³/mol. The van der Waals surface area contributed by atoms with Crippen molar-refractivity contribution in [3.05, 3.63) is 88.7 Å². The van der Waals surface area contributed by atoms with Crippen molar-refractivity contribution in [3.8, 4) is 11.5 Å². The topological polar surface area (TPSA) is 94.9 Å². The van der Waals surface area contributed by atoms with Crippen LogP contribution in [0.4, 0.5) is 8.78 Å². The van der Waals surface area contributed by atoms with Gasteiger partial charge in [0.15, 0.2) is 17.8 Å². The van der Waals surface area contributed by atoms with Gasteiger partial charge < -0.3 is 25.2 Å². The summed E-state index contributed by atoms with van der Waals surface area (Å²) in [5.41, 5.74) is 1.61. The molecule has 3 N–H and O–H groups in total. The molecule has 0 unspecified atom stereocenters. The molecule has 35 heavy (non-hydrogen) atoms. The maximum Gasteiger partial charge on any atom is 0.256 e. The van der Waals surface area contributed by atoms with E-state index in [0.717, 1.165) is 17.7 Å². The smallest absolute Gasteiger partial charge is 0.256 e. The first-order valence-corrected chi connectivity index (χ1v) is 11.2. The van der Waals surface area contributed by atoms with Crippen molar-refractivity contribution in [3.63, 3.8) is 0 Å². The Hall–Kier alpha value is -3.40. The zero-order valence-corrected chi connectivity index (χ0v) is 19.5. The van der Waals surface area contributed by atoms with Crippen LogP contribution in [-0.4, -0.2) is 44.7 Å². The Kier molecular flexibility index (Phi) is 7.11. The Bertz CT molecular complexity index is 1230. The van der Waals surface area contributed by atoms with Crippen molar-refractivity contribution in [2.24, 2.45) is 0 Å². The summed E-state index contributed by atoms with van der Waals surface area (Å²) in [6.07, 6.45) is -0.754. The van der Waals surface area contributed by atoms with Gasteiger partial charge in [-0.15, -0.1) is 0 Å². The van der Waals surface area contributed by atoms with Crippen molar-refractivity contribution in [1.29, 1.82) is 0 Å². The first-order chi connectivity index (χ1) is 16.7. The van der Waals surface area contributed by atoms with E-state index >= 15 is 0 Å². The molecule has 0 aliphatic carbocycles. The fourth-order valence-electron chi connectivity index (χ4n) is 3.74. The molecule has 0 radical (unpaired) electrons. The number of halogens is 2. The van der Waals surface area contributed by atoms with Gasteiger partial charge >= 0.3 is 0 Å². The lowest BCUT2D eigenvalue weighted by atomic mass is 9.98. The molecule has 0 spiro atoms. The molecule has 1 aliphatic rings. The molecule has 3 aromatic rings. The second kappa shape index (κ2) is 10.1. The Morgan fingerprint density at radius 1 is 1.17 bits per heavy atom. The maximum atomic E-state index is 14.0. The number of carbonyl (C=O) groups is 1. The van der Waals surface area contributed by atoms with Gasteiger partial charge in [0, 0.05) is 30.3 Å². The predicted octanol–water partition coefficient (Wildman–Crippen LogP) is 3.70. The molecule has 184 valence electrons. The summed E-state index contributed by atoms with van der Waals surface area (Å²) in [5.74, 6) is -1.92. The standard InChI is InChI=1S/C26H27F2N3O4/c1-26(2,15-32)29-14-18-4-3-5-22(30-18)25(34)31-11-10-16-6-8-19(13-20(16)24(31)33)35-23-9-7-17(27)12-21(23)28/h3-9,12-13,25,29,32,34H,10-11,14-15H2,1-2H3/t25-/m1/s1. The first kappa shape index (κ1) is 24.7. The molecule has 2 heterocycles. The Morgan fingerprint density at radius 2 is 1.97 bits per heavy atom. The number of aromatic nitrogens is 1. The number of amides is 1. The number of nitrogens with zero attached hydrogens (tertiary/aromatic N) is 2. The van der Waals surface area contributed by atoms with Crippen molar-refractivity contribution < 1.29 is 28.5 Å². The lowest BCUT2D eigenvalue weighted by Gasteiger charge is -2.32. The van der Waals surface area contributed by atoms with Crippen LogP contribution in [0.5, 0.6) is 11.5 Å². The van der Waals surface area contributed by atoms with E-state index in [0.29, 0.717) is 36.5 Å². The molecule has 0 bridgehead atoms. The lowest BCUT2D eigenvalue weighted by Crippen LogP contribution is -2.42. The van der Waals surface area contributed by atoms with E-state index in [-0.39, 0.29) is 18.1 Å². The zero-order chi connectivity index (χ0) is 25.2. The highest BCUT2D eigenvalue weighted by Gasteiger charge is 2.31. The summed E-state index contributed by atoms with van der Waals surface area (Å²) in [4.78, 5) is 19.0. The molecule has 0 fully saturated rings. The Morgan fingerprint density at radius 3 is 2.71 bits per heavy atom. The number of carbonyl (C=O) groups excluding carboxylic acids is 1. The molecule has 0 saturated carbocycles. The average Bonchev–Trinajstić information content (AvgIpc) is 2.85. The molecule has 7 nitrogen and oxygen atoms in total. The molecule has 1 aromatic heterocycles. The summed E-state index contributed by atoms with van der Waals surface area (Å²) in [6, 6.07) is 13.0. The van der Waals surface area contributed by atoms with Gasteiger partial charge in [0.1, 0.15) is 11.6 Å². The van der Waals surface area contributed by atoms with Gasteiger partial charge in [-0.3, -0.25) is 9.78 Å². The molecule has 1 aliphatic heterocycles. The van der Waals surface area contributed by atoms with Crippen LogP contribution >= 0.6 is 0 Å². The highest BCUT2D eigenvalue weighted by atomic mass is 19.1. The SMILES string of the molecule is CC(C)(CO)NCc1cccc([C@@H](O)N2CCc3ccc(Oc4ccc(F)cc4F)cc3C2=O)n1. The number of benzene rings is 2. The van der Waals surface area contributed by atoms with Crippen molar-refractivity contribution in [1.82, 2.24) is 15.2 Å². The number of ether oxygens (including phenoxy) is 1. The van der Waals surface area contributed by atoms with Crippen LogP contribution in [-0.2, 0) is 13.0 Å². The van der Waals surface area contributed by atoms with E-state index in [4.69, 9.17) is 4.74 Å². The number of nitrogens with one attached hydrogen (secondary N) is 1. The van der Waals surface area contributed by atoms with Gasteiger partial charge in [-0.25, -0.2) is 8.78 Å². The number of fused-ring (bicyclic) bond motifs is 1. The number of rotatable bonds is 8. The fourth-order valence-corrected chi connectivity index (χ4v) is 3.74. The van der Waals surface area contributed by atoms with Crippen LogP contribution in [0.2, 0.25) is 0 Å². The third-order valence-corrected chi connectivity index (χ3v) is 5.85. The molecule has 1 amide bonds. The molecule has 1 atom stereocenters. The second-order valence-electron chi connectivity index (χ2n) is 9.07. The highest BCUT2D eigenvalue weighted by Crippen LogP contribution is 2.31. The molecule has 0 saturated heterocycles. The van der Waals surface area contributed by atoms with Gasteiger partial charge in [-0.1, -0.05) is 12.1 Å². The number of aliphatic hydroxyl groups is 2. The Balaban J connectivity index is 1.52. The van der Waals surface area contributed by atoms with E-state index in [1.807, 2.05) is 13.8 Å². The van der Waals surface area contributed by atoms with Crippen LogP contribution in [0.15, 0.2) is 54.6 Å². The summed E-state index contributed by atoms with van der Waals surface area (Å²) < 4.78 is 32.7. The number of hydrogen-bond acceptors (Lipinski definition) is 6. The third kappa shape index (κ3) is 5.64. The van der Waals surface area contributed by atoms with Gasteiger partial charge in [-0.2, -0.15) is 0 Å². The zero-order valence-electron chi connectivity index (χ0n) is 19.5. The molecule has 9 heteroatoms. The van der Waals surface area contributed by atoms with E-state index < -0.39 is 29.3 Å². The van der Waals surface area contributed by atoms with Crippen LogP contribution in [0.25, 0.3) is 0 Å². The summed E-state index contributed by atoms with van der Waals surface area (Å²) in [6.45, 7) is 4.35. The highest BCUT2D eigenvalue weighted by molar-refractivity contribution is 5.97. The van der Waals surface area contributed by atoms with Gasteiger partial charge in [-0.05, 0) is 62.2 Å². The van der Waals surface area contributed by atoms with Gasteiger partial charge in [0.25, 0.3) is 5.91 Å². The molecular weight excluding hydrogens is 456 g/mol. The third-order valence-electron chi connectivity index (χ3n) is 5.85. The van der Waals surface area contributed by atoms with Crippen LogP contribution in [0.1, 0.15) is 47.4 Å². The first-order valence-electron chi connectivity index (χ1n) is 11.2. The summed E-state index contributed by atoms with van der Waals surface area (Å²) in [7, 11) is 0. The van der Waals surface area contributed by atoms with Crippen LogP contribution < -0.4 is 10.1 Å². The number of aliphatic hydroxyl groups excluding tert-OH is 2. The number of pyridine rings is 1. The Labute approximate surface area is 202 Å². The van der Waals surface area contributed by atoms with Crippen molar-refractivity contribution in [2.45, 2.75) is 38.6 Å². The fraction of sp³-hybridized carbons (Fsp3) is 0.308. The average molecular weight is 484 g/mol. The second-order valence-corrected chi connectivity index (χ2v) is 9.07. The molecule has 2 aromatic carbocycles. The van der Waals surface area contributed by atoms with E-state index in [1.54, 1.807) is 30.3 Å². The van der Waals surface area contributed by atoms with Crippen molar-refractivity contribution in [2.75, 3.05) is 13.2 Å². The monoisotopic (exact) mass is 483 g/mol. The van der Waals surface area contributed by atoms with Crippen LogP contribution in [0, 0.1) is 11.6 Å². The molecule has 4 rings (SSSR count). The quantitative estimate of drug-likeness (QED) is 0.452. The van der Waals surface area contributed by atoms with Gasteiger partial charge in [0.2, 0.25) is 0 Å². The minimum absolute atomic E-state index is 0.0451. The van der Waals surface area contributed by atoms with E-state index in [2.05, 4.69) is 10.3 Å².